The van der Waals surface area contributed by atoms with Gasteiger partial charge >= 0.3 is 17.9 Å². The van der Waals surface area contributed by atoms with Crippen molar-refractivity contribution in [2.75, 3.05) is 13.2 Å². The fourth-order valence-electron chi connectivity index (χ4n) is 15.8. The third-order valence-corrected chi connectivity index (χ3v) is 21.0. The van der Waals surface area contributed by atoms with Crippen molar-refractivity contribution in [2.45, 2.75) is 235 Å². The molecule has 4 heterocycles. The van der Waals surface area contributed by atoms with Crippen LogP contribution in [0.4, 0.5) is 0 Å². The van der Waals surface area contributed by atoms with Gasteiger partial charge in [-0.1, -0.05) is 39.3 Å². The average molecular weight is 1100 g/mol. The maximum Gasteiger partial charge on any atom is 0.315 e. The third kappa shape index (κ3) is 9.33. The molecule has 77 heavy (non-hydrogen) atoms. The van der Waals surface area contributed by atoms with E-state index in [1.807, 2.05) is 0 Å². The van der Waals surface area contributed by atoms with Crippen LogP contribution < -0.4 is 0 Å². The van der Waals surface area contributed by atoms with Crippen LogP contribution in [0.2, 0.25) is 0 Å². The fourth-order valence-corrected chi connectivity index (χ4v) is 15.8. The number of carbonyl (C=O) groups excluding carboxylic acids is 1. The zero-order chi connectivity index (χ0) is 56.4. The SMILES string of the molecule is C[C@@H]1O[C@@H](O[C@H]2[C@H](OC(=O)[C@]34CCC(C)(C)C[C@H]3C3=CC[C@@H]5[C@@]6(C(=O)O)CC[C@H](O)[C@@](C)(C(=O)O)[C@@H]6CC[C@@]5(C)[C@]3(C)CC4)O[C@H](C)[C@H](O)[C@@H]2O)[C@H](O)[C@H](O)[C@H]1O[C@@H]1O[C@H](CO[C@@H]2OC[C@@H](O)[C@H](O)[C@H]2O)[C@@H](O)[C@H](O)[C@H]1O. The molecule has 0 aromatic heterocycles. The van der Waals surface area contributed by atoms with E-state index in [1.54, 1.807) is 0 Å². The van der Waals surface area contributed by atoms with Crippen molar-refractivity contribution in [2.24, 2.45) is 50.2 Å². The average Bonchev–Trinajstić information content (AvgIpc) is 3.37. The highest BCUT2D eigenvalue weighted by Gasteiger charge is 2.74. The zero-order valence-corrected chi connectivity index (χ0v) is 44.6. The van der Waals surface area contributed by atoms with Crippen LogP contribution in [0.3, 0.4) is 0 Å². The number of hydrogen-bond acceptors (Lipinski definition) is 22. The number of ether oxygens (including phenoxy) is 8. The maximum absolute atomic E-state index is 15.3. The number of allylic oxidation sites excluding steroid dienone is 2. The number of esters is 1. The standard InChI is InChI=1S/C53H82O24/c1-21-30(56)34(60)40(76-42-38(64)35(61)39(22(2)73-42)75-43-37(63)33(59)32(58)26(74-43)20-71-41-36(62)31(57)25(54)19-70-41)44(72-21)77-47(69)52-16-14-48(3,4)18-24(52)23-8-9-27-50(6,49(23,5)15-17-52)12-10-28-51(7,45(65)66)29(55)11-13-53(27,28)46(67)68/h8,21-22,24-44,54-64H,9-20H2,1-7H3,(H,65,66)(H,67,68)/t21-,22+,24+,25-,26-,27+,28+,29+,30+,31+,32-,33+,34+,35+,36-,37-,38-,39+,40-,41+,42+,43+,44+,49-,50-,51+,52+,53+/m1/s1. The number of carboxylic acids is 2. The second-order valence-electron chi connectivity index (χ2n) is 25.4. The van der Waals surface area contributed by atoms with Gasteiger partial charge in [0.15, 0.2) is 25.0 Å². The van der Waals surface area contributed by atoms with Crippen molar-refractivity contribution in [1.29, 1.82) is 0 Å². The van der Waals surface area contributed by atoms with Gasteiger partial charge in [-0.15, -0.1) is 0 Å². The summed E-state index contributed by atoms with van der Waals surface area (Å²) in [6, 6.07) is 0. The molecule has 0 bridgehead atoms. The van der Waals surface area contributed by atoms with Crippen LogP contribution in [0.15, 0.2) is 11.6 Å². The van der Waals surface area contributed by atoms with Gasteiger partial charge in [-0.3, -0.25) is 14.4 Å². The quantitative estimate of drug-likeness (QED) is 0.0853. The van der Waals surface area contributed by atoms with Crippen LogP contribution in [0.5, 0.6) is 0 Å². The molecule has 9 aliphatic rings. The van der Waals surface area contributed by atoms with Gasteiger partial charge in [-0.25, -0.2) is 0 Å². The first kappa shape index (κ1) is 59.1. The fraction of sp³-hybridized carbons (Fsp3) is 0.906. The van der Waals surface area contributed by atoms with Crippen molar-refractivity contribution in [3.8, 4) is 0 Å². The molecule has 438 valence electrons. The van der Waals surface area contributed by atoms with Gasteiger partial charge in [0.25, 0.3) is 0 Å². The first-order valence-electron chi connectivity index (χ1n) is 27.3. The van der Waals surface area contributed by atoms with E-state index in [4.69, 9.17) is 37.9 Å². The minimum atomic E-state index is -1.99. The van der Waals surface area contributed by atoms with Crippen LogP contribution in [0, 0.1) is 50.2 Å². The lowest BCUT2D eigenvalue weighted by atomic mass is 9.33. The Bertz CT molecular complexity index is 2230. The molecule has 13 N–H and O–H groups in total. The van der Waals surface area contributed by atoms with Crippen molar-refractivity contribution < 1.29 is 119 Å². The highest BCUT2D eigenvalue weighted by Crippen LogP contribution is 2.76. The Kier molecular flexibility index (Phi) is 16.1. The van der Waals surface area contributed by atoms with Crippen LogP contribution >= 0.6 is 0 Å². The summed E-state index contributed by atoms with van der Waals surface area (Å²) in [4.78, 5) is 42.1. The molecule has 4 saturated carbocycles. The maximum atomic E-state index is 15.3. The predicted octanol–water partition coefficient (Wildman–Crippen LogP) is -1.21. The number of rotatable bonds is 11. The predicted molar refractivity (Wildman–Crippen MR) is 258 cm³/mol. The number of aliphatic carboxylic acids is 2. The lowest BCUT2D eigenvalue weighted by Crippen LogP contribution is -2.69. The molecule has 0 aromatic carbocycles. The summed E-state index contributed by atoms with van der Waals surface area (Å²) in [5.41, 5.74) is -4.78. The van der Waals surface area contributed by atoms with E-state index in [9.17, 15) is 76.0 Å². The summed E-state index contributed by atoms with van der Waals surface area (Å²) >= 11 is 0. The van der Waals surface area contributed by atoms with Crippen molar-refractivity contribution in [3.05, 3.63) is 11.6 Å². The summed E-state index contributed by atoms with van der Waals surface area (Å²) in [6.07, 6.45) is -26.9. The Labute approximate surface area is 446 Å². The number of carboxylic acid groups (broad SMARTS) is 2. The van der Waals surface area contributed by atoms with Crippen molar-refractivity contribution in [3.63, 3.8) is 0 Å². The Morgan fingerprint density at radius 3 is 1.90 bits per heavy atom. The van der Waals surface area contributed by atoms with Gasteiger partial charge in [0.2, 0.25) is 6.29 Å². The number of aliphatic hydroxyl groups excluding tert-OH is 11. The summed E-state index contributed by atoms with van der Waals surface area (Å²) in [5, 5.41) is 141. The van der Waals surface area contributed by atoms with Crippen LogP contribution in [-0.2, 0) is 52.3 Å². The lowest BCUT2D eigenvalue weighted by molar-refractivity contribution is -0.379. The monoisotopic (exact) mass is 1100 g/mol. The highest BCUT2D eigenvalue weighted by atomic mass is 16.8. The van der Waals surface area contributed by atoms with Gasteiger partial charge in [0.1, 0.15) is 73.2 Å². The van der Waals surface area contributed by atoms with Crippen LogP contribution in [0.25, 0.3) is 0 Å². The highest BCUT2D eigenvalue weighted by molar-refractivity contribution is 5.82. The summed E-state index contributed by atoms with van der Waals surface area (Å²) < 4.78 is 46.9. The van der Waals surface area contributed by atoms with Gasteiger partial charge in [0.05, 0.1) is 47.8 Å². The number of fused-ring (bicyclic) bond motifs is 7. The van der Waals surface area contributed by atoms with E-state index >= 15 is 4.79 Å². The van der Waals surface area contributed by atoms with Gasteiger partial charge in [-0.2, -0.15) is 0 Å². The van der Waals surface area contributed by atoms with E-state index in [1.165, 1.54) is 20.8 Å². The lowest BCUT2D eigenvalue weighted by Gasteiger charge is -2.70. The van der Waals surface area contributed by atoms with Gasteiger partial charge in [-0.05, 0) is 119 Å². The molecule has 9 rings (SSSR count). The molecule has 4 aliphatic heterocycles. The molecule has 5 aliphatic carbocycles. The zero-order valence-electron chi connectivity index (χ0n) is 44.6. The number of carbonyl (C=O) groups is 3. The third-order valence-electron chi connectivity index (χ3n) is 21.0. The molecule has 0 spiro atoms. The van der Waals surface area contributed by atoms with Crippen LogP contribution in [0.1, 0.15) is 113 Å². The summed E-state index contributed by atoms with van der Waals surface area (Å²) in [5.74, 6) is -4.64. The molecular weight excluding hydrogens is 1020 g/mol. The second kappa shape index (κ2) is 21.0. The molecule has 0 radical (unpaired) electrons. The Morgan fingerprint density at radius 1 is 0.610 bits per heavy atom. The molecule has 8 fully saturated rings. The Morgan fingerprint density at radius 2 is 1.22 bits per heavy atom. The molecule has 0 amide bonds. The largest absolute Gasteiger partial charge is 0.481 e. The number of hydrogen-bond donors (Lipinski definition) is 13. The normalized spacial score (nSPS) is 53.6. The topological polar surface area (TPSA) is 388 Å². The molecule has 24 heteroatoms. The molecule has 0 unspecified atom stereocenters. The van der Waals surface area contributed by atoms with Gasteiger partial charge < -0.3 is 104 Å². The van der Waals surface area contributed by atoms with E-state index in [0.717, 1.165) is 5.57 Å². The van der Waals surface area contributed by atoms with E-state index in [-0.39, 0.29) is 31.3 Å². The number of aliphatic hydroxyl groups is 11. The summed E-state index contributed by atoms with van der Waals surface area (Å²) in [6.45, 7) is 11.9. The molecular formula is C53H82O24. The minimum absolute atomic E-state index is 0.0282. The minimum Gasteiger partial charge on any atom is -0.481 e. The first-order valence-corrected chi connectivity index (χ1v) is 27.3. The smallest absolute Gasteiger partial charge is 0.315 e. The molecule has 24 nitrogen and oxygen atoms in total. The van der Waals surface area contributed by atoms with E-state index in [2.05, 4.69) is 33.8 Å². The molecule has 0 aromatic rings. The molecule has 28 atom stereocenters. The molecule has 4 saturated heterocycles. The Balaban J connectivity index is 0.924. The first-order chi connectivity index (χ1) is 35.9. The van der Waals surface area contributed by atoms with Gasteiger partial charge in [0, 0.05) is 0 Å². The Hall–Kier alpha value is -2.57. The van der Waals surface area contributed by atoms with Crippen molar-refractivity contribution in [1.82, 2.24) is 0 Å². The van der Waals surface area contributed by atoms with Crippen molar-refractivity contribution >= 4 is 17.9 Å². The van der Waals surface area contributed by atoms with E-state index in [0.29, 0.717) is 44.9 Å². The summed E-state index contributed by atoms with van der Waals surface area (Å²) in [7, 11) is 0. The second-order valence-corrected chi connectivity index (χ2v) is 25.4. The van der Waals surface area contributed by atoms with Crippen LogP contribution in [-0.4, -0.2) is 220 Å². The van der Waals surface area contributed by atoms with E-state index < -0.39 is 192 Å².